The Hall–Kier alpha value is -0.700. The molecule has 1 unspecified atom stereocenters. The lowest BCUT2D eigenvalue weighted by Gasteiger charge is -2.19. The summed E-state index contributed by atoms with van der Waals surface area (Å²) in [6.07, 6.45) is 3.73. The van der Waals surface area contributed by atoms with E-state index in [1.54, 1.807) is 0 Å². The summed E-state index contributed by atoms with van der Waals surface area (Å²) in [5.74, 6) is -0.482. The fourth-order valence-electron chi connectivity index (χ4n) is 2.35. The molecule has 2 rings (SSSR count). The smallest absolute Gasteiger partial charge is 0.177 e. The van der Waals surface area contributed by atoms with Crippen LogP contribution in [0, 0.1) is 5.92 Å². The molecule has 2 fully saturated rings. The first-order chi connectivity index (χ1) is 6.16. The SMILES string of the molecule is CC(=O)C1COC2(CCCC2)C1=O. The number of ether oxygens (including phenoxy) is 1. The van der Waals surface area contributed by atoms with Crippen molar-refractivity contribution in [2.75, 3.05) is 6.61 Å². The van der Waals surface area contributed by atoms with E-state index in [4.69, 9.17) is 4.74 Å². The molecule has 1 atom stereocenters. The predicted octanol–water partition coefficient (Wildman–Crippen LogP) is 1.10. The Kier molecular flexibility index (Phi) is 1.99. The first kappa shape index (κ1) is 8.88. The van der Waals surface area contributed by atoms with Crippen LogP contribution in [-0.4, -0.2) is 23.8 Å². The molecule has 13 heavy (non-hydrogen) atoms. The molecule has 1 aliphatic heterocycles. The lowest BCUT2D eigenvalue weighted by atomic mass is 9.89. The number of carbonyl (C=O) groups is 2. The molecule has 72 valence electrons. The van der Waals surface area contributed by atoms with Crippen molar-refractivity contribution in [3.05, 3.63) is 0 Å². The third kappa shape index (κ3) is 1.22. The highest BCUT2D eigenvalue weighted by Gasteiger charge is 2.51. The van der Waals surface area contributed by atoms with Crippen LogP contribution in [0.3, 0.4) is 0 Å². The molecule has 1 spiro atoms. The molecule has 0 aromatic heterocycles. The molecular formula is C10H14O3. The number of hydrogen-bond acceptors (Lipinski definition) is 3. The highest BCUT2D eigenvalue weighted by molar-refractivity contribution is 6.06. The quantitative estimate of drug-likeness (QED) is 0.570. The molecule has 3 heteroatoms. The zero-order chi connectivity index (χ0) is 9.47. The zero-order valence-corrected chi connectivity index (χ0v) is 7.84. The maximum absolute atomic E-state index is 11.8. The van der Waals surface area contributed by atoms with E-state index >= 15 is 0 Å². The maximum Gasteiger partial charge on any atom is 0.177 e. The van der Waals surface area contributed by atoms with Crippen LogP contribution >= 0.6 is 0 Å². The summed E-state index contributed by atoms with van der Waals surface area (Å²) in [7, 11) is 0. The van der Waals surface area contributed by atoms with Crippen molar-refractivity contribution in [2.24, 2.45) is 5.92 Å². The molecule has 1 aliphatic carbocycles. The molecule has 2 aliphatic rings. The average molecular weight is 182 g/mol. The zero-order valence-electron chi connectivity index (χ0n) is 7.84. The van der Waals surface area contributed by atoms with Crippen molar-refractivity contribution in [3.8, 4) is 0 Å². The third-order valence-electron chi connectivity index (χ3n) is 3.19. The van der Waals surface area contributed by atoms with Crippen molar-refractivity contribution in [3.63, 3.8) is 0 Å². The minimum Gasteiger partial charge on any atom is -0.366 e. The van der Waals surface area contributed by atoms with Gasteiger partial charge in [-0.15, -0.1) is 0 Å². The van der Waals surface area contributed by atoms with E-state index in [1.165, 1.54) is 6.92 Å². The van der Waals surface area contributed by atoms with Gasteiger partial charge in [0.25, 0.3) is 0 Å². The summed E-state index contributed by atoms with van der Waals surface area (Å²) in [4.78, 5) is 22.9. The molecule has 0 aromatic rings. The van der Waals surface area contributed by atoms with Gasteiger partial charge in [-0.3, -0.25) is 9.59 Å². The Morgan fingerprint density at radius 2 is 2.08 bits per heavy atom. The van der Waals surface area contributed by atoms with E-state index in [1.807, 2.05) is 0 Å². The summed E-state index contributed by atoms with van der Waals surface area (Å²) in [5, 5.41) is 0. The van der Waals surface area contributed by atoms with Crippen LogP contribution in [0.1, 0.15) is 32.6 Å². The first-order valence-electron chi connectivity index (χ1n) is 4.84. The normalized spacial score (nSPS) is 31.5. The van der Waals surface area contributed by atoms with Gasteiger partial charge in [-0.1, -0.05) is 0 Å². The monoisotopic (exact) mass is 182 g/mol. The molecule has 1 saturated carbocycles. The molecule has 0 amide bonds. The topological polar surface area (TPSA) is 43.4 Å². The second-order valence-corrected chi connectivity index (χ2v) is 4.04. The average Bonchev–Trinajstić information content (AvgIpc) is 2.64. The molecule has 0 aromatic carbocycles. The summed E-state index contributed by atoms with van der Waals surface area (Å²) in [6, 6.07) is 0. The number of carbonyl (C=O) groups excluding carboxylic acids is 2. The van der Waals surface area contributed by atoms with Gasteiger partial charge in [0.15, 0.2) is 5.78 Å². The van der Waals surface area contributed by atoms with Gasteiger partial charge < -0.3 is 4.74 Å². The standard InChI is InChI=1S/C10H14O3/c1-7(11)8-6-13-10(9(8)12)4-2-3-5-10/h8H,2-6H2,1H3. The second-order valence-electron chi connectivity index (χ2n) is 4.04. The van der Waals surface area contributed by atoms with E-state index in [0.717, 1.165) is 25.7 Å². The lowest BCUT2D eigenvalue weighted by molar-refractivity contribution is -0.135. The van der Waals surface area contributed by atoms with Crippen LogP contribution in [0.15, 0.2) is 0 Å². The molecule has 0 bridgehead atoms. The van der Waals surface area contributed by atoms with Gasteiger partial charge in [-0.05, 0) is 32.6 Å². The molecular weight excluding hydrogens is 168 g/mol. The van der Waals surface area contributed by atoms with Crippen molar-refractivity contribution >= 4 is 11.6 Å². The van der Waals surface area contributed by atoms with Gasteiger partial charge in [-0.25, -0.2) is 0 Å². The summed E-state index contributed by atoms with van der Waals surface area (Å²) >= 11 is 0. The number of hydrogen-bond donors (Lipinski definition) is 0. The Bertz CT molecular complexity index is 251. The summed E-state index contributed by atoms with van der Waals surface area (Å²) in [6.45, 7) is 1.79. The number of ketones is 2. The van der Waals surface area contributed by atoms with Gasteiger partial charge in [0.2, 0.25) is 0 Å². The highest BCUT2D eigenvalue weighted by Crippen LogP contribution is 2.40. The van der Waals surface area contributed by atoms with Crippen LogP contribution in [0.25, 0.3) is 0 Å². The van der Waals surface area contributed by atoms with Crippen molar-refractivity contribution in [2.45, 2.75) is 38.2 Å². The van der Waals surface area contributed by atoms with E-state index in [-0.39, 0.29) is 11.6 Å². The van der Waals surface area contributed by atoms with E-state index < -0.39 is 11.5 Å². The van der Waals surface area contributed by atoms with E-state index in [2.05, 4.69) is 0 Å². The van der Waals surface area contributed by atoms with Gasteiger partial charge in [0.1, 0.15) is 17.3 Å². The second kappa shape index (κ2) is 2.91. The van der Waals surface area contributed by atoms with Crippen molar-refractivity contribution < 1.29 is 14.3 Å². The number of Topliss-reactive ketones (excluding diaryl/α,β-unsaturated/α-hetero) is 2. The fraction of sp³-hybridized carbons (Fsp3) is 0.800. The maximum atomic E-state index is 11.8. The third-order valence-corrected chi connectivity index (χ3v) is 3.19. The Morgan fingerprint density at radius 3 is 2.54 bits per heavy atom. The molecule has 0 N–H and O–H groups in total. The molecule has 1 heterocycles. The lowest BCUT2D eigenvalue weighted by Crippen LogP contribution is -2.35. The van der Waals surface area contributed by atoms with Gasteiger partial charge in [-0.2, -0.15) is 0 Å². The van der Waals surface area contributed by atoms with Crippen LogP contribution < -0.4 is 0 Å². The van der Waals surface area contributed by atoms with Gasteiger partial charge in [0, 0.05) is 0 Å². The summed E-state index contributed by atoms with van der Waals surface area (Å²) < 4.78 is 5.52. The largest absolute Gasteiger partial charge is 0.366 e. The molecule has 3 nitrogen and oxygen atoms in total. The van der Waals surface area contributed by atoms with Crippen LogP contribution in [0.2, 0.25) is 0 Å². The Labute approximate surface area is 77.4 Å². The van der Waals surface area contributed by atoms with Gasteiger partial charge >= 0.3 is 0 Å². The fourth-order valence-corrected chi connectivity index (χ4v) is 2.35. The first-order valence-corrected chi connectivity index (χ1v) is 4.84. The number of rotatable bonds is 1. The predicted molar refractivity (Wildman–Crippen MR) is 46.3 cm³/mol. The Balaban J connectivity index is 2.19. The molecule has 1 saturated heterocycles. The van der Waals surface area contributed by atoms with Crippen LogP contribution in [0.5, 0.6) is 0 Å². The highest BCUT2D eigenvalue weighted by atomic mass is 16.5. The minimum absolute atomic E-state index is 0.0394. The van der Waals surface area contributed by atoms with Crippen molar-refractivity contribution in [1.29, 1.82) is 0 Å². The van der Waals surface area contributed by atoms with Crippen LogP contribution in [0.4, 0.5) is 0 Å². The Morgan fingerprint density at radius 1 is 1.46 bits per heavy atom. The van der Waals surface area contributed by atoms with Crippen LogP contribution in [-0.2, 0) is 14.3 Å². The van der Waals surface area contributed by atoms with E-state index in [9.17, 15) is 9.59 Å². The molecule has 0 radical (unpaired) electrons. The van der Waals surface area contributed by atoms with E-state index in [0.29, 0.717) is 6.61 Å². The minimum atomic E-state index is -0.559. The summed E-state index contributed by atoms with van der Waals surface area (Å²) in [5.41, 5.74) is -0.559. The van der Waals surface area contributed by atoms with Crippen molar-refractivity contribution in [1.82, 2.24) is 0 Å². The van der Waals surface area contributed by atoms with Gasteiger partial charge in [0.05, 0.1) is 6.61 Å².